The first-order chi connectivity index (χ1) is 8.59. The maximum absolute atomic E-state index is 12.0. The van der Waals surface area contributed by atoms with E-state index in [1.54, 1.807) is 0 Å². The normalized spacial score (nSPS) is 25.2. The van der Waals surface area contributed by atoms with Gasteiger partial charge in [0.05, 0.1) is 11.6 Å². The van der Waals surface area contributed by atoms with Gasteiger partial charge in [-0.2, -0.15) is 0 Å². The SMILES string of the molecule is CC(NCC1(O)CCC1)C(=O)NC1CCCCC1. The molecule has 4 heteroatoms. The summed E-state index contributed by atoms with van der Waals surface area (Å²) in [6.45, 7) is 2.41. The zero-order chi connectivity index (χ0) is 13.0. The number of carbonyl (C=O) groups excluding carboxylic acids is 1. The molecule has 104 valence electrons. The molecule has 0 saturated heterocycles. The van der Waals surface area contributed by atoms with E-state index < -0.39 is 5.60 Å². The number of rotatable bonds is 5. The summed E-state index contributed by atoms with van der Waals surface area (Å²) in [6, 6.07) is 0.152. The van der Waals surface area contributed by atoms with Gasteiger partial charge in [-0.1, -0.05) is 19.3 Å². The van der Waals surface area contributed by atoms with Gasteiger partial charge in [-0.25, -0.2) is 0 Å². The first-order valence-corrected chi connectivity index (χ1v) is 7.35. The smallest absolute Gasteiger partial charge is 0.237 e. The van der Waals surface area contributed by atoms with Gasteiger partial charge in [0.15, 0.2) is 0 Å². The molecule has 18 heavy (non-hydrogen) atoms. The van der Waals surface area contributed by atoms with Crippen LogP contribution in [0.3, 0.4) is 0 Å². The minimum atomic E-state index is -0.556. The molecule has 2 aliphatic carbocycles. The third kappa shape index (κ3) is 3.69. The summed E-state index contributed by atoms with van der Waals surface area (Å²) in [7, 11) is 0. The Morgan fingerprint density at radius 2 is 1.94 bits per heavy atom. The van der Waals surface area contributed by atoms with Crippen LogP contribution in [-0.4, -0.2) is 35.2 Å². The number of hydrogen-bond acceptors (Lipinski definition) is 3. The highest BCUT2D eigenvalue weighted by atomic mass is 16.3. The van der Waals surface area contributed by atoms with E-state index in [9.17, 15) is 9.90 Å². The molecular formula is C14H26N2O2. The van der Waals surface area contributed by atoms with Crippen LogP contribution in [0.15, 0.2) is 0 Å². The Kier molecular flexibility index (Phi) is 4.62. The van der Waals surface area contributed by atoms with Crippen molar-refractivity contribution in [3.63, 3.8) is 0 Å². The number of amides is 1. The second-order valence-corrected chi connectivity index (χ2v) is 6.02. The van der Waals surface area contributed by atoms with Gasteiger partial charge in [-0.15, -0.1) is 0 Å². The van der Waals surface area contributed by atoms with Crippen molar-refractivity contribution in [2.24, 2.45) is 0 Å². The fraction of sp³-hybridized carbons (Fsp3) is 0.929. The van der Waals surface area contributed by atoms with Crippen LogP contribution >= 0.6 is 0 Å². The lowest BCUT2D eigenvalue weighted by Gasteiger charge is -2.37. The summed E-state index contributed by atoms with van der Waals surface area (Å²) in [4.78, 5) is 12.0. The molecule has 0 spiro atoms. The summed E-state index contributed by atoms with van der Waals surface area (Å²) in [5.74, 6) is 0.0739. The summed E-state index contributed by atoms with van der Waals surface area (Å²) in [5.41, 5.74) is -0.556. The monoisotopic (exact) mass is 254 g/mol. The van der Waals surface area contributed by atoms with Crippen molar-refractivity contribution >= 4 is 5.91 Å². The van der Waals surface area contributed by atoms with Gasteiger partial charge in [0.2, 0.25) is 5.91 Å². The molecule has 0 heterocycles. The summed E-state index contributed by atoms with van der Waals surface area (Å²) in [6.07, 6.45) is 8.80. The average molecular weight is 254 g/mol. The van der Waals surface area contributed by atoms with Crippen molar-refractivity contribution in [2.45, 2.75) is 76.0 Å². The second kappa shape index (κ2) is 6.02. The van der Waals surface area contributed by atoms with E-state index >= 15 is 0 Å². The highest BCUT2D eigenvalue weighted by Gasteiger charge is 2.34. The number of aliphatic hydroxyl groups is 1. The largest absolute Gasteiger partial charge is 0.389 e. The van der Waals surface area contributed by atoms with Crippen molar-refractivity contribution in [2.75, 3.05) is 6.54 Å². The predicted molar refractivity (Wildman–Crippen MR) is 71.3 cm³/mol. The van der Waals surface area contributed by atoms with Crippen LogP contribution in [0.2, 0.25) is 0 Å². The van der Waals surface area contributed by atoms with E-state index in [1.807, 2.05) is 6.92 Å². The van der Waals surface area contributed by atoms with Crippen molar-refractivity contribution in [3.8, 4) is 0 Å². The van der Waals surface area contributed by atoms with Crippen LogP contribution < -0.4 is 10.6 Å². The topological polar surface area (TPSA) is 61.4 Å². The fourth-order valence-electron chi connectivity index (χ4n) is 2.77. The quantitative estimate of drug-likeness (QED) is 0.693. The van der Waals surface area contributed by atoms with E-state index in [0.717, 1.165) is 32.1 Å². The first-order valence-electron chi connectivity index (χ1n) is 7.35. The highest BCUT2D eigenvalue weighted by Crippen LogP contribution is 2.30. The van der Waals surface area contributed by atoms with Crippen molar-refractivity contribution in [1.29, 1.82) is 0 Å². The molecule has 0 aromatic heterocycles. The molecule has 2 rings (SSSR count). The van der Waals surface area contributed by atoms with E-state index in [2.05, 4.69) is 10.6 Å². The molecule has 1 atom stereocenters. The van der Waals surface area contributed by atoms with E-state index in [4.69, 9.17) is 0 Å². The Morgan fingerprint density at radius 1 is 1.28 bits per heavy atom. The first kappa shape index (κ1) is 13.8. The molecule has 1 unspecified atom stereocenters. The Balaban J connectivity index is 1.67. The molecule has 2 aliphatic rings. The van der Waals surface area contributed by atoms with Crippen LogP contribution in [0.5, 0.6) is 0 Å². The number of nitrogens with one attached hydrogen (secondary N) is 2. The predicted octanol–water partition coefficient (Wildman–Crippen LogP) is 1.33. The Labute approximate surface area is 110 Å². The lowest BCUT2D eigenvalue weighted by molar-refractivity contribution is -0.124. The molecule has 0 radical (unpaired) electrons. The maximum Gasteiger partial charge on any atom is 0.237 e. The standard InChI is InChI=1S/C14H26N2O2/c1-11(15-10-14(18)8-5-9-14)13(17)16-12-6-3-2-4-7-12/h11-12,15,18H,2-10H2,1H3,(H,16,17). The summed E-state index contributed by atoms with van der Waals surface area (Å²) < 4.78 is 0. The minimum absolute atomic E-state index is 0.0739. The molecule has 0 aromatic rings. The van der Waals surface area contributed by atoms with Crippen LogP contribution in [0.4, 0.5) is 0 Å². The minimum Gasteiger partial charge on any atom is -0.389 e. The molecule has 2 fully saturated rings. The van der Waals surface area contributed by atoms with Gasteiger partial charge >= 0.3 is 0 Å². The van der Waals surface area contributed by atoms with Crippen LogP contribution in [-0.2, 0) is 4.79 Å². The highest BCUT2D eigenvalue weighted by molar-refractivity contribution is 5.81. The van der Waals surface area contributed by atoms with Gasteiger partial charge in [0, 0.05) is 12.6 Å². The molecule has 3 N–H and O–H groups in total. The van der Waals surface area contributed by atoms with Gasteiger partial charge in [-0.05, 0) is 39.0 Å². The summed E-state index contributed by atoms with van der Waals surface area (Å²) in [5, 5.41) is 16.2. The summed E-state index contributed by atoms with van der Waals surface area (Å²) >= 11 is 0. The zero-order valence-electron chi connectivity index (χ0n) is 11.4. The molecular weight excluding hydrogens is 228 g/mol. The fourth-order valence-corrected chi connectivity index (χ4v) is 2.77. The van der Waals surface area contributed by atoms with E-state index in [1.165, 1.54) is 19.3 Å². The van der Waals surface area contributed by atoms with Gasteiger partial charge < -0.3 is 15.7 Å². The Morgan fingerprint density at radius 3 is 2.50 bits per heavy atom. The molecule has 0 aromatic carbocycles. The Bertz CT molecular complexity index is 284. The average Bonchev–Trinajstić information content (AvgIpc) is 2.34. The Hall–Kier alpha value is -0.610. The van der Waals surface area contributed by atoms with Crippen molar-refractivity contribution in [3.05, 3.63) is 0 Å². The molecule has 0 bridgehead atoms. The molecule has 2 saturated carbocycles. The molecule has 1 amide bonds. The zero-order valence-corrected chi connectivity index (χ0v) is 11.4. The number of hydrogen-bond donors (Lipinski definition) is 3. The van der Waals surface area contributed by atoms with Crippen LogP contribution in [0.1, 0.15) is 58.3 Å². The second-order valence-electron chi connectivity index (χ2n) is 6.02. The van der Waals surface area contributed by atoms with Crippen LogP contribution in [0, 0.1) is 0 Å². The third-order valence-electron chi connectivity index (χ3n) is 4.37. The van der Waals surface area contributed by atoms with E-state index in [-0.39, 0.29) is 11.9 Å². The molecule has 0 aliphatic heterocycles. The van der Waals surface area contributed by atoms with Gasteiger partial charge in [0.1, 0.15) is 0 Å². The third-order valence-corrected chi connectivity index (χ3v) is 4.37. The lowest BCUT2D eigenvalue weighted by Crippen LogP contribution is -2.53. The van der Waals surface area contributed by atoms with Crippen molar-refractivity contribution in [1.82, 2.24) is 10.6 Å². The lowest BCUT2D eigenvalue weighted by atomic mass is 9.80. The van der Waals surface area contributed by atoms with E-state index in [0.29, 0.717) is 12.6 Å². The van der Waals surface area contributed by atoms with Crippen LogP contribution in [0.25, 0.3) is 0 Å². The van der Waals surface area contributed by atoms with Crippen molar-refractivity contribution < 1.29 is 9.90 Å². The van der Waals surface area contributed by atoms with Gasteiger partial charge in [0.25, 0.3) is 0 Å². The van der Waals surface area contributed by atoms with Gasteiger partial charge in [-0.3, -0.25) is 4.79 Å². The number of carbonyl (C=O) groups is 1. The molecule has 4 nitrogen and oxygen atoms in total. The maximum atomic E-state index is 12.0.